The van der Waals surface area contributed by atoms with Gasteiger partial charge in [-0.05, 0) is 37.3 Å². The Hall–Kier alpha value is -3.46. The molecule has 0 bridgehead atoms. The van der Waals surface area contributed by atoms with E-state index in [2.05, 4.69) is 4.98 Å². The van der Waals surface area contributed by atoms with Gasteiger partial charge in [-0.2, -0.15) is 0 Å². The normalized spacial score (nSPS) is 11.7. The Morgan fingerprint density at radius 1 is 1.04 bits per heavy atom. The first-order chi connectivity index (χ1) is 12.9. The van der Waals surface area contributed by atoms with Crippen molar-refractivity contribution >= 4 is 26.9 Å². The maximum atomic E-state index is 13.3. The third kappa shape index (κ3) is 2.77. The standard InChI is InChI=1S/C18H13N3O5S/c1-12-6-8-13(9-7-12)27(24,25)20-15-5-3-2-4-14(15)19-18(20)16-10-11-17(26-16)21(22)23/h2-11H,1H3. The van der Waals surface area contributed by atoms with Crippen molar-refractivity contribution in [1.82, 2.24) is 8.96 Å². The molecule has 0 aliphatic rings. The number of furan rings is 1. The quantitative estimate of drug-likeness (QED) is 0.392. The second-order valence-electron chi connectivity index (χ2n) is 5.90. The first-order valence-electron chi connectivity index (χ1n) is 7.92. The number of aryl methyl sites for hydroxylation is 1. The number of para-hydroxylation sites is 2. The summed E-state index contributed by atoms with van der Waals surface area (Å²) in [5, 5.41) is 10.9. The number of nitro groups is 1. The summed E-state index contributed by atoms with van der Waals surface area (Å²) in [6, 6.07) is 15.6. The zero-order valence-corrected chi connectivity index (χ0v) is 14.9. The highest BCUT2D eigenvalue weighted by molar-refractivity contribution is 7.90. The van der Waals surface area contributed by atoms with Gasteiger partial charge in [0, 0.05) is 0 Å². The first kappa shape index (κ1) is 17.0. The number of imidazole rings is 1. The summed E-state index contributed by atoms with van der Waals surface area (Å²) in [7, 11) is -4.00. The Kier molecular flexibility index (Phi) is 3.81. The molecule has 0 atom stereocenters. The van der Waals surface area contributed by atoms with Crippen LogP contribution in [0.3, 0.4) is 0 Å². The minimum Gasteiger partial charge on any atom is -0.397 e. The molecule has 9 heteroatoms. The topological polar surface area (TPSA) is 108 Å². The minimum absolute atomic E-state index is 0.00594. The molecule has 0 saturated carbocycles. The lowest BCUT2D eigenvalue weighted by molar-refractivity contribution is -0.401. The maximum Gasteiger partial charge on any atom is 0.433 e. The van der Waals surface area contributed by atoms with Crippen molar-refractivity contribution in [3.8, 4) is 11.6 Å². The largest absolute Gasteiger partial charge is 0.433 e. The molecule has 0 unspecified atom stereocenters. The van der Waals surface area contributed by atoms with Gasteiger partial charge in [0.2, 0.25) is 0 Å². The Bertz CT molecular complexity index is 1270. The lowest BCUT2D eigenvalue weighted by Crippen LogP contribution is -2.14. The molecule has 0 aliphatic carbocycles. The molecule has 136 valence electrons. The molecule has 4 aromatic rings. The first-order valence-corrected chi connectivity index (χ1v) is 9.36. The molecular weight excluding hydrogens is 370 g/mol. The van der Waals surface area contributed by atoms with Crippen molar-refractivity contribution in [3.05, 3.63) is 76.3 Å². The van der Waals surface area contributed by atoms with Gasteiger partial charge in [0.25, 0.3) is 10.0 Å². The van der Waals surface area contributed by atoms with Crippen LogP contribution in [0.25, 0.3) is 22.6 Å². The number of aromatic nitrogens is 2. The number of benzene rings is 2. The lowest BCUT2D eigenvalue weighted by Gasteiger charge is -2.09. The van der Waals surface area contributed by atoms with Crippen molar-refractivity contribution in [1.29, 1.82) is 0 Å². The van der Waals surface area contributed by atoms with Gasteiger partial charge in [-0.15, -0.1) is 0 Å². The van der Waals surface area contributed by atoms with Crippen LogP contribution in [0.4, 0.5) is 5.88 Å². The Balaban J connectivity index is 2.01. The molecule has 2 heterocycles. The zero-order valence-electron chi connectivity index (χ0n) is 14.1. The average molecular weight is 383 g/mol. The van der Waals surface area contributed by atoms with E-state index >= 15 is 0 Å². The van der Waals surface area contributed by atoms with E-state index in [9.17, 15) is 18.5 Å². The molecule has 0 aliphatic heterocycles. The molecule has 4 rings (SSSR count). The summed E-state index contributed by atoms with van der Waals surface area (Å²) in [4.78, 5) is 14.6. The summed E-state index contributed by atoms with van der Waals surface area (Å²) in [6.07, 6.45) is 0. The fourth-order valence-electron chi connectivity index (χ4n) is 2.76. The average Bonchev–Trinajstić information content (AvgIpc) is 3.27. The molecule has 0 N–H and O–H groups in total. The van der Waals surface area contributed by atoms with Crippen molar-refractivity contribution in [2.75, 3.05) is 0 Å². The van der Waals surface area contributed by atoms with E-state index in [1.165, 1.54) is 18.2 Å². The van der Waals surface area contributed by atoms with E-state index in [4.69, 9.17) is 4.42 Å². The number of hydrogen-bond acceptors (Lipinski definition) is 6. The van der Waals surface area contributed by atoms with Crippen molar-refractivity contribution in [2.45, 2.75) is 11.8 Å². The van der Waals surface area contributed by atoms with E-state index < -0.39 is 20.8 Å². The SMILES string of the molecule is Cc1ccc(S(=O)(=O)n2c(-c3ccc([N+](=O)[O-])o3)nc3ccccc32)cc1. The fourth-order valence-corrected chi connectivity index (χ4v) is 4.23. The van der Waals surface area contributed by atoms with E-state index in [0.717, 1.165) is 15.6 Å². The van der Waals surface area contributed by atoms with Gasteiger partial charge >= 0.3 is 5.88 Å². The monoisotopic (exact) mass is 383 g/mol. The van der Waals surface area contributed by atoms with E-state index in [1.807, 2.05) is 6.92 Å². The third-order valence-electron chi connectivity index (χ3n) is 4.07. The number of nitrogens with zero attached hydrogens (tertiary/aromatic N) is 3. The second-order valence-corrected chi connectivity index (χ2v) is 7.69. The third-order valence-corrected chi connectivity index (χ3v) is 5.79. The molecule has 0 spiro atoms. The van der Waals surface area contributed by atoms with E-state index in [0.29, 0.717) is 11.0 Å². The fraction of sp³-hybridized carbons (Fsp3) is 0.0556. The number of fused-ring (bicyclic) bond motifs is 1. The van der Waals surface area contributed by atoms with Crippen LogP contribution in [-0.4, -0.2) is 22.3 Å². The van der Waals surface area contributed by atoms with E-state index in [-0.39, 0.29) is 16.5 Å². The molecule has 2 aromatic carbocycles. The van der Waals surface area contributed by atoms with Gasteiger partial charge < -0.3 is 4.42 Å². The molecule has 2 aromatic heterocycles. The van der Waals surface area contributed by atoms with Gasteiger partial charge in [-0.25, -0.2) is 17.4 Å². The van der Waals surface area contributed by atoms with Gasteiger partial charge in [0.05, 0.1) is 22.0 Å². The van der Waals surface area contributed by atoms with Crippen LogP contribution in [0.1, 0.15) is 5.56 Å². The predicted molar refractivity (Wildman–Crippen MR) is 97.9 cm³/mol. The Morgan fingerprint density at radius 3 is 2.41 bits per heavy atom. The Morgan fingerprint density at radius 2 is 1.74 bits per heavy atom. The molecule has 27 heavy (non-hydrogen) atoms. The lowest BCUT2D eigenvalue weighted by atomic mass is 10.2. The van der Waals surface area contributed by atoms with Crippen LogP contribution < -0.4 is 0 Å². The molecule has 0 radical (unpaired) electrons. The number of rotatable bonds is 4. The van der Waals surface area contributed by atoms with Crippen LogP contribution in [0, 0.1) is 17.0 Å². The van der Waals surface area contributed by atoms with Gasteiger partial charge in [0.1, 0.15) is 4.92 Å². The van der Waals surface area contributed by atoms with E-state index in [1.54, 1.807) is 36.4 Å². The molecule has 0 saturated heterocycles. The Labute approximate surface area is 153 Å². The molecule has 8 nitrogen and oxygen atoms in total. The van der Waals surface area contributed by atoms with Gasteiger partial charge in [-0.3, -0.25) is 10.1 Å². The predicted octanol–water partition coefficient (Wildman–Crippen LogP) is 3.75. The highest BCUT2D eigenvalue weighted by Gasteiger charge is 2.27. The zero-order chi connectivity index (χ0) is 19.2. The molecule has 0 amide bonds. The van der Waals surface area contributed by atoms with Crippen LogP contribution in [-0.2, 0) is 10.0 Å². The highest BCUT2D eigenvalue weighted by Crippen LogP contribution is 2.32. The summed E-state index contributed by atoms with van der Waals surface area (Å²) in [6.45, 7) is 1.86. The van der Waals surface area contributed by atoms with Crippen LogP contribution in [0.15, 0.2) is 70.0 Å². The highest BCUT2D eigenvalue weighted by atomic mass is 32.2. The molecular formula is C18H13N3O5S. The van der Waals surface area contributed by atoms with Crippen molar-refractivity contribution in [3.63, 3.8) is 0 Å². The number of hydrogen-bond donors (Lipinski definition) is 0. The second kappa shape index (κ2) is 6.06. The van der Waals surface area contributed by atoms with Crippen LogP contribution >= 0.6 is 0 Å². The molecule has 0 fully saturated rings. The minimum atomic E-state index is -4.00. The van der Waals surface area contributed by atoms with Crippen molar-refractivity contribution < 1.29 is 17.8 Å². The summed E-state index contributed by atoms with van der Waals surface area (Å²) in [5.74, 6) is -0.519. The van der Waals surface area contributed by atoms with Crippen LogP contribution in [0.2, 0.25) is 0 Å². The smallest absolute Gasteiger partial charge is 0.397 e. The van der Waals surface area contributed by atoms with Crippen LogP contribution in [0.5, 0.6) is 0 Å². The summed E-state index contributed by atoms with van der Waals surface area (Å²) >= 11 is 0. The van der Waals surface area contributed by atoms with Crippen molar-refractivity contribution in [2.24, 2.45) is 0 Å². The summed E-state index contributed by atoms with van der Waals surface area (Å²) in [5.41, 5.74) is 1.71. The maximum absolute atomic E-state index is 13.3. The van der Waals surface area contributed by atoms with Gasteiger partial charge in [-0.1, -0.05) is 29.8 Å². The summed E-state index contributed by atoms with van der Waals surface area (Å²) < 4.78 is 32.9. The van der Waals surface area contributed by atoms with Gasteiger partial charge in [0.15, 0.2) is 11.6 Å².